The van der Waals surface area contributed by atoms with Gasteiger partial charge in [0, 0.05) is 23.8 Å². The molecule has 0 heterocycles. The van der Waals surface area contributed by atoms with Crippen LogP contribution >= 0.6 is 0 Å². The predicted octanol–water partition coefficient (Wildman–Crippen LogP) is 1.76. The molecule has 0 aromatic heterocycles. The van der Waals surface area contributed by atoms with E-state index in [4.69, 9.17) is 0 Å². The number of aliphatic hydroxyl groups excluding tert-OH is 1. The third-order valence-electron chi connectivity index (χ3n) is 2.71. The van der Waals surface area contributed by atoms with Crippen LogP contribution in [0.25, 0.3) is 0 Å². The SMILES string of the molecule is CC(C)NCC(O)c1ccc(NS(=O)(=O)NC(C)(C)C)cc1. The summed E-state index contributed by atoms with van der Waals surface area (Å²) in [6.07, 6.45) is -0.624. The minimum Gasteiger partial charge on any atom is -0.387 e. The van der Waals surface area contributed by atoms with E-state index in [1.54, 1.807) is 45.0 Å². The van der Waals surface area contributed by atoms with E-state index in [0.717, 1.165) is 5.56 Å². The molecule has 126 valence electrons. The first kappa shape index (κ1) is 18.9. The molecule has 0 saturated carbocycles. The Morgan fingerprint density at radius 1 is 1.14 bits per heavy atom. The van der Waals surface area contributed by atoms with Gasteiger partial charge >= 0.3 is 0 Å². The van der Waals surface area contributed by atoms with E-state index in [9.17, 15) is 13.5 Å². The van der Waals surface area contributed by atoms with Crippen LogP contribution in [0.15, 0.2) is 24.3 Å². The van der Waals surface area contributed by atoms with Gasteiger partial charge in [-0.05, 0) is 38.5 Å². The summed E-state index contributed by atoms with van der Waals surface area (Å²) in [5.74, 6) is 0. The molecule has 1 aromatic carbocycles. The Bertz CT molecular complexity index is 563. The molecule has 0 bridgehead atoms. The van der Waals surface area contributed by atoms with Crippen LogP contribution in [-0.2, 0) is 10.2 Å². The zero-order chi connectivity index (χ0) is 17.0. The molecule has 0 radical (unpaired) electrons. The summed E-state index contributed by atoms with van der Waals surface area (Å²) in [7, 11) is -3.62. The normalized spacial score (nSPS) is 14.1. The zero-order valence-corrected chi connectivity index (χ0v) is 14.7. The highest BCUT2D eigenvalue weighted by atomic mass is 32.2. The van der Waals surface area contributed by atoms with Crippen molar-refractivity contribution < 1.29 is 13.5 Å². The lowest BCUT2D eigenvalue weighted by Gasteiger charge is -2.21. The molecule has 0 fully saturated rings. The maximum Gasteiger partial charge on any atom is 0.299 e. The lowest BCUT2D eigenvalue weighted by atomic mass is 10.1. The number of aliphatic hydroxyl groups is 1. The predicted molar refractivity (Wildman–Crippen MR) is 90.0 cm³/mol. The summed E-state index contributed by atoms with van der Waals surface area (Å²) in [6, 6.07) is 6.98. The van der Waals surface area contributed by atoms with E-state index in [-0.39, 0.29) is 0 Å². The summed E-state index contributed by atoms with van der Waals surface area (Å²) >= 11 is 0. The Balaban J connectivity index is 2.69. The fourth-order valence-electron chi connectivity index (χ4n) is 1.82. The second-order valence-corrected chi connectivity index (χ2v) is 8.07. The monoisotopic (exact) mass is 329 g/mol. The van der Waals surface area contributed by atoms with Crippen molar-refractivity contribution in [3.8, 4) is 0 Å². The second-order valence-electron chi connectivity index (χ2n) is 6.66. The molecule has 0 aliphatic carbocycles. The van der Waals surface area contributed by atoms with Gasteiger partial charge in [-0.15, -0.1) is 0 Å². The number of hydrogen-bond acceptors (Lipinski definition) is 4. The molecule has 1 aromatic rings. The molecular weight excluding hydrogens is 302 g/mol. The molecule has 1 rings (SSSR count). The quantitative estimate of drug-likeness (QED) is 0.613. The van der Waals surface area contributed by atoms with E-state index in [1.165, 1.54) is 0 Å². The topological polar surface area (TPSA) is 90.5 Å². The van der Waals surface area contributed by atoms with Crippen molar-refractivity contribution in [3.63, 3.8) is 0 Å². The van der Waals surface area contributed by atoms with Gasteiger partial charge in [0.15, 0.2) is 0 Å². The highest BCUT2D eigenvalue weighted by Crippen LogP contribution is 2.17. The number of hydrogen-bond donors (Lipinski definition) is 4. The lowest BCUT2D eigenvalue weighted by molar-refractivity contribution is 0.171. The van der Waals surface area contributed by atoms with Crippen LogP contribution in [0.1, 0.15) is 46.3 Å². The fourth-order valence-corrected chi connectivity index (χ4v) is 3.13. The first-order valence-corrected chi connectivity index (χ1v) is 8.80. The van der Waals surface area contributed by atoms with Crippen molar-refractivity contribution in [3.05, 3.63) is 29.8 Å². The van der Waals surface area contributed by atoms with Crippen LogP contribution in [0.3, 0.4) is 0 Å². The van der Waals surface area contributed by atoms with Crippen LogP contribution in [0, 0.1) is 0 Å². The first-order valence-electron chi connectivity index (χ1n) is 7.32. The number of anilines is 1. The molecule has 22 heavy (non-hydrogen) atoms. The third-order valence-corrected chi connectivity index (χ3v) is 4.09. The third kappa shape index (κ3) is 7.22. The van der Waals surface area contributed by atoms with Gasteiger partial charge < -0.3 is 10.4 Å². The number of nitrogens with one attached hydrogen (secondary N) is 3. The van der Waals surface area contributed by atoms with Crippen molar-refractivity contribution in [2.75, 3.05) is 11.3 Å². The largest absolute Gasteiger partial charge is 0.387 e. The van der Waals surface area contributed by atoms with E-state index in [1.807, 2.05) is 13.8 Å². The Morgan fingerprint density at radius 2 is 1.68 bits per heavy atom. The van der Waals surface area contributed by atoms with Crippen LogP contribution in [0.5, 0.6) is 0 Å². The zero-order valence-electron chi connectivity index (χ0n) is 13.8. The molecule has 0 spiro atoms. The van der Waals surface area contributed by atoms with Crippen LogP contribution in [0.4, 0.5) is 5.69 Å². The Hall–Kier alpha value is -1.15. The molecule has 7 heteroatoms. The van der Waals surface area contributed by atoms with E-state index in [0.29, 0.717) is 18.3 Å². The summed E-state index contributed by atoms with van der Waals surface area (Å²) in [5.41, 5.74) is 0.634. The smallest absolute Gasteiger partial charge is 0.299 e. The maximum atomic E-state index is 11.9. The van der Waals surface area contributed by atoms with Crippen LogP contribution in [-0.4, -0.2) is 31.6 Å². The average molecular weight is 329 g/mol. The van der Waals surface area contributed by atoms with Gasteiger partial charge in [0.25, 0.3) is 10.2 Å². The maximum absolute atomic E-state index is 11.9. The molecular formula is C15H27N3O3S. The van der Waals surface area contributed by atoms with Crippen molar-refractivity contribution in [1.82, 2.24) is 10.0 Å². The van der Waals surface area contributed by atoms with Gasteiger partial charge in [0.2, 0.25) is 0 Å². The molecule has 6 nitrogen and oxygen atoms in total. The molecule has 0 amide bonds. The summed E-state index contributed by atoms with van der Waals surface area (Å²) in [5, 5.41) is 13.2. The van der Waals surface area contributed by atoms with Crippen molar-refractivity contribution in [1.29, 1.82) is 0 Å². The first-order chi connectivity index (χ1) is 9.98. The molecule has 1 unspecified atom stereocenters. The summed E-state index contributed by atoms with van der Waals surface area (Å²) in [4.78, 5) is 0. The van der Waals surface area contributed by atoms with Crippen LogP contribution < -0.4 is 14.8 Å². The minimum atomic E-state index is -3.62. The standard InChI is InChI=1S/C15H27N3O3S/c1-11(2)16-10-14(19)12-6-8-13(9-7-12)17-22(20,21)18-15(3,4)5/h6-9,11,14,16-19H,10H2,1-5H3. The van der Waals surface area contributed by atoms with E-state index < -0.39 is 21.9 Å². The Morgan fingerprint density at radius 3 is 2.14 bits per heavy atom. The number of benzene rings is 1. The molecule has 0 aliphatic rings. The molecule has 4 N–H and O–H groups in total. The molecule has 0 saturated heterocycles. The lowest BCUT2D eigenvalue weighted by Crippen LogP contribution is -2.43. The Labute approximate surface area is 133 Å². The highest BCUT2D eigenvalue weighted by molar-refractivity contribution is 7.90. The summed E-state index contributed by atoms with van der Waals surface area (Å²) < 4.78 is 28.8. The van der Waals surface area contributed by atoms with E-state index >= 15 is 0 Å². The fraction of sp³-hybridized carbons (Fsp3) is 0.600. The Kier molecular flexibility index (Phi) is 6.37. The minimum absolute atomic E-state index is 0.296. The van der Waals surface area contributed by atoms with E-state index in [2.05, 4.69) is 14.8 Å². The van der Waals surface area contributed by atoms with Crippen molar-refractivity contribution >= 4 is 15.9 Å². The summed E-state index contributed by atoms with van der Waals surface area (Å²) in [6.45, 7) is 9.78. The van der Waals surface area contributed by atoms with Gasteiger partial charge in [-0.25, -0.2) is 0 Å². The van der Waals surface area contributed by atoms with Crippen molar-refractivity contribution in [2.45, 2.75) is 52.3 Å². The van der Waals surface area contributed by atoms with Gasteiger partial charge in [-0.2, -0.15) is 13.1 Å². The van der Waals surface area contributed by atoms with Crippen molar-refractivity contribution in [2.24, 2.45) is 0 Å². The number of rotatable bonds is 7. The molecule has 1 atom stereocenters. The average Bonchev–Trinajstić information content (AvgIpc) is 2.33. The van der Waals surface area contributed by atoms with Gasteiger partial charge in [-0.3, -0.25) is 4.72 Å². The highest BCUT2D eigenvalue weighted by Gasteiger charge is 2.19. The van der Waals surface area contributed by atoms with Gasteiger partial charge in [-0.1, -0.05) is 26.0 Å². The van der Waals surface area contributed by atoms with Gasteiger partial charge in [0.1, 0.15) is 0 Å². The second kappa shape index (κ2) is 7.41. The molecule has 0 aliphatic heterocycles. The van der Waals surface area contributed by atoms with Gasteiger partial charge in [0.05, 0.1) is 6.10 Å². The van der Waals surface area contributed by atoms with Crippen LogP contribution in [0.2, 0.25) is 0 Å².